The van der Waals surface area contributed by atoms with Crippen molar-refractivity contribution >= 4 is 0 Å². The number of hydrogen-bond donors (Lipinski definition) is 1. The topological polar surface area (TPSA) is 12.0 Å². The van der Waals surface area contributed by atoms with E-state index in [0.717, 1.165) is 11.8 Å². The van der Waals surface area contributed by atoms with Crippen molar-refractivity contribution in [1.29, 1.82) is 0 Å². The lowest BCUT2D eigenvalue weighted by Gasteiger charge is -2.37. The van der Waals surface area contributed by atoms with Gasteiger partial charge in [-0.15, -0.1) is 0 Å². The highest BCUT2D eigenvalue weighted by Gasteiger charge is 2.38. The number of rotatable bonds is 5. The van der Waals surface area contributed by atoms with E-state index in [0.29, 0.717) is 5.54 Å². The van der Waals surface area contributed by atoms with E-state index in [1.807, 2.05) is 0 Å². The fourth-order valence-electron chi connectivity index (χ4n) is 3.06. The van der Waals surface area contributed by atoms with Gasteiger partial charge in [0.05, 0.1) is 0 Å². The minimum atomic E-state index is 0.476. The van der Waals surface area contributed by atoms with Crippen LogP contribution in [0.15, 0.2) is 0 Å². The molecule has 1 rings (SSSR count). The fraction of sp³-hybridized carbons (Fsp3) is 1.00. The molecule has 0 aromatic rings. The van der Waals surface area contributed by atoms with Gasteiger partial charge in [0.2, 0.25) is 0 Å². The van der Waals surface area contributed by atoms with Gasteiger partial charge in [0.25, 0.3) is 0 Å². The van der Waals surface area contributed by atoms with Crippen molar-refractivity contribution in [1.82, 2.24) is 5.32 Å². The van der Waals surface area contributed by atoms with Gasteiger partial charge in [0.15, 0.2) is 0 Å². The molecule has 84 valence electrons. The summed E-state index contributed by atoms with van der Waals surface area (Å²) in [6, 6.07) is 0. The maximum atomic E-state index is 3.79. The summed E-state index contributed by atoms with van der Waals surface area (Å²) in [7, 11) is 0. The molecule has 1 aliphatic heterocycles. The fourth-order valence-corrected chi connectivity index (χ4v) is 3.06. The Labute approximate surface area is 89.7 Å². The Morgan fingerprint density at radius 3 is 2.43 bits per heavy atom. The third-order valence-corrected chi connectivity index (χ3v) is 3.71. The molecular formula is C13H27N. The molecule has 1 N–H and O–H groups in total. The molecule has 14 heavy (non-hydrogen) atoms. The van der Waals surface area contributed by atoms with Crippen molar-refractivity contribution in [3.63, 3.8) is 0 Å². The second-order valence-electron chi connectivity index (χ2n) is 5.47. The van der Waals surface area contributed by atoms with Gasteiger partial charge in [-0.1, -0.05) is 34.1 Å². The molecule has 1 nitrogen and oxygen atoms in total. The van der Waals surface area contributed by atoms with Crippen LogP contribution in [0.5, 0.6) is 0 Å². The van der Waals surface area contributed by atoms with Gasteiger partial charge in [-0.25, -0.2) is 0 Å². The van der Waals surface area contributed by atoms with Gasteiger partial charge in [-0.3, -0.25) is 0 Å². The Hall–Kier alpha value is -0.0400. The molecule has 1 fully saturated rings. The lowest BCUT2D eigenvalue weighted by Crippen LogP contribution is -2.46. The Morgan fingerprint density at radius 2 is 2.00 bits per heavy atom. The summed E-state index contributed by atoms with van der Waals surface area (Å²) in [5, 5.41) is 3.79. The molecule has 1 saturated heterocycles. The van der Waals surface area contributed by atoms with Gasteiger partial charge in [0, 0.05) is 5.54 Å². The van der Waals surface area contributed by atoms with E-state index in [-0.39, 0.29) is 0 Å². The van der Waals surface area contributed by atoms with Crippen LogP contribution in [0.1, 0.15) is 59.8 Å². The van der Waals surface area contributed by atoms with Crippen LogP contribution < -0.4 is 5.32 Å². The summed E-state index contributed by atoms with van der Waals surface area (Å²) in [5.41, 5.74) is 0.476. The molecule has 1 heteroatoms. The summed E-state index contributed by atoms with van der Waals surface area (Å²) in [6.07, 6.45) is 6.82. The number of hydrogen-bond acceptors (Lipinski definition) is 1. The van der Waals surface area contributed by atoms with Crippen molar-refractivity contribution in [2.24, 2.45) is 11.8 Å². The molecule has 1 aliphatic rings. The van der Waals surface area contributed by atoms with E-state index in [1.54, 1.807) is 0 Å². The average Bonchev–Trinajstić information content (AvgIpc) is 2.53. The van der Waals surface area contributed by atoms with Crippen LogP contribution >= 0.6 is 0 Å². The van der Waals surface area contributed by atoms with Gasteiger partial charge in [-0.2, -0.15) is 0 Å². The highest BCUT2D eigenvalue weighted by molar-refractivity contribution is 4.97. The highest BCUT2D eigenvalue weighted by Crippen LogP contribution is 2.35. The quantitative estimate of drug-likeness (QED) is 0.710. The first-order valence-corrected chi connectivity index (χ1v) is 6.35. The summed E-state index contributed by atoms with van der Waals surface area (Å²) in [6.45, 7) is 10.7. The molecule has 1 heterocycles. The molecule has 0 aliphatic carbocycles. The molecule has 0 aromatic carbocycles. The Kier molecular flexibility index (Phi) is 4.43. The van der Waals surface area contributed by atoms with E-state index in [9.17, 15) is 0 Å². The predicted octanol–water partition coefficient (Wildman–Crippen LogP) is 3.59. The predicted molar refractivity (Wildman–Crippen MR) is 63.5 cm³/mol. The van der Waals surface area contributed by atoms with Gasteiger partial charge in [0.1, 0.15) is 0 Å². The molecule has 0 bridgehead atoms. The van der Waals surface area contributed by atoms with Crippen LogP contribution in [0.4, 0.5) is 0 Å². The SMILES string of the molecule is CCCC(C)C1(CC(C)C)CCCN1. The second-order valence-corrected chi connectivity index (χ2v) is 5.47. The molecule has 2 unspecified atom stereocenters. The smallest absolute Gasteiger partial charge is 0.0209 e. The van der Waals surface area contributed by atoms with Crippen LogP contribution in [0.3, 0.4) is 0 Å². The van der Waals surface area contributed by atoms with E-state index < -0.39 is 0 Å². The van der Waals surface area contributed by atoms with Crippen molar-refractivity contribution in [3.05, 3.63) is 0 Å². The van der Waals surface area contributed by atoms with E-state index >= 15 is 0 Å². The standard InChI is InChI=1S/C13H27N/c1-5-7-12(4)13(10-11(2)3)8-6-9-14-13/h11-12,14H,5-10H2,1-4H3. The lowest BCUT2D eigenvalue weighted by molar-refractivity contribution is 0.199. The first kappa shape index (κ1) is 12.0. The van der Waals surface area contributed by atoms with Gasteiger partial charge in [-0.05, 0) is 44.1 Å². The lowest BCUT2D eigenvalue weighted by atomic mass is 9.76. The van der Waals surface area contributed by atoms with E-state index in [2.05, 4.69) is 33.0 Å². The largest absolute Gasteiger partial charge is 0.311 e. The minimum Gasteiger partial charge on any atom is -0.311 e. The van der Waals surface area contributed by atoms with Crippen LogP contribution in [0, 0.1) is 11.8 Å². The maximum Gasteiger partial charge on any atom is 0.0209 e. The van der Waals surface area contributed by atoms with Crippen LogP contribution in [-0.2, 0) is 0 Å². The zero-order valence-electron chi connectivity index (χ0n) is 10.4. The Balaban J connectivity index is 2.60. The van der Waals surface area contributed by atoms with Crippen molar-refractivity contribution < 1.29 is 0 Å². The third kappa shape index (κ3) is 2.73. The first-order chi connectivity index (χ1) is 6.60. The summed E-state index contributed by atoms with van der Waals surface area (Å²) >= 11 is 0. The summed E-state index contributed by atoms with van der Waals surface area (Å²) in [4.78, 5) is 0. The summed E-state index contributed by atoms with van der Waals surface area (Å²) < 4.78 is 0. The zero-order chi connectivity index (χ0) is 10.6. The maximum absolute atomic E-state index is 3.79. The second kappa shape index (κ2) is 5.16. The average molecular weight is 197 g/mol. The Morgan fingerprint density at radius 1 is 1.29 bits per heavy atom. The van der Waals surface area contributed by atoms with Crippen LogP contribution in [0.2, 0.25) is 0 Å². The van der Waals surface area contributed by atoms with Crippen LogP contribution in [0.25, 0.3) is 0 Å². The molecule has 0 aromatic heterocycles. The molecule has 0 saturated carbocycles. The zero-order valence-corrected chi connectivity index (χ0v) is 10.4. The van der Waals surface area contributed by atoms with Gasteiger partial charge >= 0.3 is 0 Å². The monoisotopic (exact) mass is 197 g/mol. The van der Waals surface area contributed by atoms with Crippen LogP contribution in [-0.4, -0.2) is 12.1 Å². The third-order valence-electron chi connectivity index (χ3n) is 3.71. The van der Waals surface area contributed by atoms with Gasteiger partial charge < -0.3 is 5.32 Å². The van der Waals surface area contributed by atoms with Crippen molar-refractivity contribution in [3.8, 4) is 0 Å². The Bertz CT molecular complexity index is 157. The number of nitrogens with one attached hydrogen (secondary N) is 1. The summed E-state index contributed by atoms with van der Waals surface area (Å²) in [5.74, 6) is 1.66. The molecule has 2 atom stereocenters. The first-order valence-electron chi connectivity index (χ1n) is 6.35. The highest BCUT2D eigenvalue weighted by atomic mass is 15.0. The van der Waals surface area contributed by atoms with Crippen molar-refractivity contribution in [2.45, 2.75) is 65.3 Å². The van der Waals surface area contributed by atoms with E-state index in [4.69, 9.17) is 0 Å². The molecule has 0 spiro atoms. The minimum absolute atomic E-state index is 0.476. The van der Waals surface area contributed by atoms with Crippen molar-refractivity contribution in [2.75, 3.05) is 6.54 Å². The molecule has 0 radical (unpaired) electrons. The molecule has 0 amide bonds. The van der Waals surface area contributed by atoms with E-state index in [1.165, 1.54) is 38.6 Å². The normalized spacial score (nSPS) is 29.8. The molecular weight excluding hydrogens is 170 g/mol.